The molecule has 0 saturated carbocycles. The van der Waals surface area contributed by atoms with Gasteiger partial charge in [0.25, 0.3) is 5.91 Å². The molecule has 3 amide bonds. The molecule has 8 nitrogen and oxygen atoms in total. The molecule has 1 aromatic rings. The van der Waals surface area contributed by atoms with Crippen LogP contribution in [0.15, 0.2) is 22.8 Å². The van der Waals surface area contributed by atoms with Crippen molar-refractivity contribution in [2.24, 2.45) is 17.8 Å². The van der Waals surface area contributed by atoms with Crippen molar-refractivity contribution in [3.8, 4) is 0 Å². The minimum Gasteiger partial charge on any atom is -0.459 e. The van der Waals surface area contributed by atoms with E-state index in [0.717, 1.165) is 25.9 Å². The lowest BCUT2D eigenvalue weighted by atomic mass is 9.94. The molecule has 3 aliphatic rings. The highest BCUT2D eigenvalue weighted by molar-refractivity contribution is 6.00. The molecular formula is C25H38N4O4. The number of piperazine rings is 1. The molecule has 3 aliphatic heterocycles. The summed E-state index contributed by atoms with van der Waals surface area (Å²) in [6.07, 6.45) is 4.27. The standard InChI is InChI=1S/C25H38N4O4/c1-16(2)12-19-23(30)27(14-18-7-9-26-10-8-18)15-22-28(19)24(31)20(13-17(3)4)29(22)25(32)21-6-5-11-33-21/h5-6,11,16-20,22,26H,7-10,12-15H2,1-4H3/t19-,20?,22?/m0/s1. The Labute approximate surface area is 196 Å². The number of carbonyl (C=O) groups excluding carboxylic acids is 3. The van der Waals surface area contributed by atoms with E-state index < -0.39 is 18.2 Å². The number of nitrogens with one attached hydrogen (secondary N) is 1. The molecule has 0 aliphatic carbocycles. The van der Waals surface area contributed by atoms with Crippen LogP contribution in [0.2, 0.25) is 0 Å². The van der Waals surface area contributed by atoms with Crippen LogP contribution in [0.4, 0.5) is 0 Å². The molecule has 0 spiro atoms. The predicted molar refractivity (Wildman–Crippen MR) is 124 cm³/mol. The molecule has 3 fully saturated rings. The third-order valence-corrected chi connectivity index (χ3v) is 7.13. The molecule has 33 heavy (non-hydrogen) atoms. The van der Waals surface area contributed by atoms with Gasteiger partial charge in [-0.05, 0) is 68.7 Å². The number of carbonyl (C=O) groups is 3. The van der Waals surface area contributed by atoms with Gasteiger partial charge in [0.15, 0.2) is 5.76 Å². The first-order valence-electron chi connectivity index (χ1n) is 12.5. The van der Waals surface area contributed by atoms with Gasteiger partial charge in [-0.1, -0.05) is 27.7 Å². The second-order valence-corrected chi connectivity index (χ2v) is 10.6. The average Bonchev–Trinajstić information content (AvgIpc) is 3.39. The van der Waals surface area contributed by atoms with Gasteiger partial charge in [-0.25, -0.2) is 0 Å². The lowest BCUT2D eigenvalue weighted by molar-refractivity contribution is -0.154. The number of amides is 3. The Balaban J connectivity index is 1.68. The summed E-state index contributed by atoms with van der Waals surface area (Å²) in [4.78, 5) is 46.3. The van der Waals surface area contributed by atoms with Crippen LogP contribution in [0, 0.1) is 17.8 Å². The van der Waals surface area contributed by atoms with Crippen molar-refractivity contribution in [3.05, 3.63) is 24.2 Å². The number of piperidine rings is 1. The first-order valence-corrected chi connectivity index (χ1v) is 12.5. The van der Waals surface area contributed by atoms with Crippen molar-refractivity contribution in [2.45, 2.75) is 71.6 Å². The van der Waals surface area contributed by atoms with Crippen molar-refractivity contribution in [1.29, 1.82) is 0 Å². The molecule has 182 valence electrons. The van der Waals surface area contributed by atoms with Crippen molar-refractivity contribution in [3.63, 3.8) is 0 Å². The van der Waals surface area contributed by atoms with Gasteiger partial charge in [0.2, 0.25) is 11.8 Å². The van der Waals surface area contributed by atoms with Gasteiger partial charge in [0.1, 0.15) is 18.2 Å². The van der Waals surface area contributed by atoms with Crippen LogP contribution in [-0.2, 0) is 9.59 Å². The Hall–Kier alpha value is -2.35. The maximum absolute atomic E-state index is 13.7. The van der Waals surface area contributed by atoms with Gasteiger partial charge < -0.3 is 24.4 Å². The number of nitrogens with zero attached hydrogens (tertiary/aromatic N) is 3. The van der Waals surface area contributed by atoms with E-state index in [1.54, 1.807) is 21.9 Å². The fourth-order valence-corrected chi connectivity index (χ4v) is 5.60. The maximum Gasteiger partial charge on any atom is 0.291 e. The zero-order chi connectivity index (χ0) is 23.7. The van der Waals surface area contributed by atoms with Gasteiger partial charge >= 0.3 is 0 Å². The summed E-state index contributed by atoms with van der Waals surface area (Å²) in [5.74, 6) is 0.823. The molecule has 2 unspecified atom stereocenters. The quantitative estimate of drug-likeness (QED) is 0.679. The molecule has 3 atom stereocenters. The Bertz CT molecular complexity index is 847. The molecule has 4 rings (SSSR count). The molecule has 3 saturated heterocycles. The van der Waals surface area contributed by atoms with Crippen LogP contribution in [0.5, 0.6) is 0 Å². The Morgan fingerprint density at radius 2 is 1.73 bits per heavy atom. The fourth-order valence-electron chi connectivity index (χ4n) is 5.60. The van der Waals surface area contributed by atoms with E-state index in [2.05, 4.69) is 33.0 Å². The molecule has 0 radical (unpaired) electrons. The average molecular weight is 459 g/mol. The Morgan fingerprint density at radius 3 is 2.33 bits per heavy atom. The van der Waals surface area contributed by atoms with Crippen molar-refractivity contribution in [1.82, 2.24) is 20.0 Å². The normalized spacial score (nSPS) is 26.6. The van der Waals surface area contributed by atoms with Crippen LogP contribution in [0.1, 0.15) is 63.9 Å². The van der Waals surface area contributed by atoms with E-state index in [4.69, 9.17) is 4.42 Å². The molecule has 4 heterocycles. The molecule has 1 aromatic heterocycles. The molecule has 0 aromatic carbocycles. The Morgan fingerprint density at radius 1 is 1.06 bits per heavy atom. The summed E-state index contributed by atoms with van der Waals surface area (Å²) < 4.78 is 5.43. The second kappa shape index (κ2) is 9.87. The number of hydrogen-bond acceptors (Lipinski definition) is 5. The van der Waals surface area contributed by atoms with Gasteiger partial charge in [-0.2, -0.15) is 0 Å². The van der Waals surface area contributed by atoms with E-state index in [1.807, 2.05) is 4.90 Å². The molecule has 1 N–H and O–H groups in total. The third-order valence-electron chi connectivity index (χ3n) is 7.13. The number of rotatable bonds is 7. The first kappa shape index (κ1) is 23.8. The van der Waals surface area contributed by atoms with E-state index in [1.165, 1.54) is 6.26 Å². The van der Waals surface area contributed by atoms with Crippen LogP contribution in [0.3, 0.4) is 0 Å². The van der Waals surface area contributed by atoms with Gasteiger partial charge in [-0.15, -0.1) is 0 Å². The van der Waals surface area contributed by atoms with Gasteiger partial charge in [-0.3, -0.25) is 14.4 Å². The monoisotopic (exact) mass is 458 g/mol. The van der Waals surface area contributed by atoms with Crippen LogP contribution < -0.4 is 5.32 Å². The lowest BCUT2D eigenvalue weighted by Gasteiger charge is -2.46. The maximum atomic E-state index is 13.7. The number of fused-ring (bicyclic) bond motifs is 1. The number of furan rings is 1. The van der Waals surface area contributed by atoms with E-state index >= 15 is 0 Å². The SMILES string of the molecule is CC(C)CC1C(=O)N2C(CN(CC3CCNCC3)C(=O)[C@@H]2CC(C)C)N1C(=O)c1ccco1. The van der Waals surface area contributed by atoms with Crippen molar-refractivity contribution >= 4 is 17.7 Å². The molecule has 8 heteroatoms. The summed E-state index contributed by atoms with van der Waals surface area (Å²) in [5.41, 5.74) is 0. The van der Waals surface area contributed by atoms with E-state index in [9.17, 15) is 14.4 Å². The summed E-state index contributed by atoms with van der Waals surface area (Å²) in [7, 11) is 0. The lowest BCUT2D eigenvalue weighted by Crippen LogP contribution is -2.64. The van der Waals surface area contributed by atoms with E-state index in [0.29, 0.717) is 31.8 Å². The predicted octanol–water partition coefficient (Wildman–Crippen LogP) is 2.56. The second-order valence-electron chi connectivity index (χ2n) is 10.6. The highest BCUT2D eigenvalue weighted by Gasteiger charge is 2.56. The van der Waals surface area contributed by atoms with Gasteiger partial charge in [0, 0.05) is 6.54 Å². The largest absolute Gasteiger partial charge is 0.459 e. The van der Waals surface area contributed by atoms with Crippen LogP contribution >= 0.6 is 0 Å². The first-order chi connectivity index (χ1) is 15.8. The summed E-state index contributed by atoms with van der Waals surface area (Å²) in [6.45, 7) is 11.2. The van der Waals surface area contributed by atoms with E-state index in [-0.39, 0.29) is 35.3 Å². The fraction of sp³-hybridized carbons (Fsp3) is 0.720. The Kier molecular flexibility index (Phi) is 7.12. The third kappa shape index (κ3) is 4.81. The smallest absolute Gasteiger partial charge is 0.291 e. The summed E-state index contributed by atoms with van der Waals surface area (Å²) in [6, 6.07) is 2.24. The van der Waals surface area contributed by atoms with Crippen LogP contribution in [-0.4, -0.2) is 76.8 Å². The zero-order valence-electron chi connectivity index (χ0n) is 20.3. The summed E-state index contributed by atoms with van der Waals surface area (Å²) >= 11 is 0. The van der Waals surface area contributed by atoms with Gasteiger partial charge in [0.05, 0.1) is 12.8 Å². The van der Waals surface area contributed by atoms with Crippen molar-refractivity contribution in [2.75, 3.05) is 26.2 Å². The van der Waals surface area contributed by atoms with Crippen LogP contribution in [0.25, 0.3) is 0 Å². The summed E-state index contributed by atoms with van der Waals surface area (Å²) in [5, 5.41) is 3.38. The zero-order valence-corrected chi connectivity index (χ0v) is 20.3. The minimum atomic E-state index is -0.575. The molecule has 0 bridgehead atoms. The highest BCUT2D eigenvalue weighted by Crippen LogP contribution is 2.36. The van der Waals surface area contributed by atoms with Crippen molar-refractivity contribution < 1.29 is 18.8 Å². The molecular weight excluding hydrogens is 420 g/mol. The topological polar surface area (TPSA) is 86.1 Å². The number of hydrogen-bond donors (Lipinski definition) is 1. The minimum absolute atomic E-state index is 0.0300. The highest BCUT2D eigenvalue weighted by atomic mass is 16.3.